The number of hydrogen-bond donors (Lipinski definition) is 1. The Morgan fingerprint density at radius 3 is 2.16 bits per heavy atom. The summed E-state index contributed by atoms with van der Waals surface area (Å²) >= 11 is 12.5. The van der Waals surface area contributed by atoms with Crippen molar-refractivity contribution in [1.29, 1.82) is 21.2 Å². The molecule has 1 aromatic rings. The van der Waals surface area contributed by atoms with Crippen molar-refractivity contribution in [2.75, 3.05) is 0 Å². The van der Waals surface area contributed by atoms with Gasteiger partial charge in [0.2, 0.25) is 17.1 Å². The van der Waals surface area contributed by atoms with E-state index < -0.39 is 34.5 Å². The molecule has 1 aromatic carbocycles. The van der Waals surface area contributed by atoms with Gasteiger partial charge >= 0.3 is 0 Å². The van der Waals surface area contributed by atoms with Gasteiger partial charge in [0.25, 0.3) is 0 Å². The van der Waals surface area contributed by atoms with Crippen LogP contribution < -0.4 is 0 Å². The lowest BCUT2D eigenvalue weighted by molar-refractivity contribution is -0.268. The molecule has 6 nitrogen and oxygen atoms in total. The summed E-state index contributed by atoms with van der Waals surface area (Å²) in [5.41, 5.74) is -3.63. The van der Waals surface area contributed by atoms with Gasteiger partial charge in [-0.15, -0.1) is 0 Å². The number of benzene rings is 1. The van der Waals surface area contributed by atoms with Gasteiger partial charge in [-0.3, -0.25) is 5.41 Å². The fraction of sp³-hybridized carbons (Fsp3) is 0.412. The Balaban J connectivity index is 2.40. The summed E-state index contributed by atoms with van der Waals surface area (Å²) in [7, 11) is 0. The average Bonchev–Trinajstić information content (AvgIpc) is 2.71. The maximum Gasteiger partial charge on any atom is 0.214 e. The van der Waals surface area contributed by atoms with Crippen molar-refractivity contribution in [3.8, 4) is 18.2 Å². The third-order valence-electron chi connectivity index (χ3n) is 5.26. The van der Waals surface area contributed by atoms with Crippen molar-refractivity contribution in [3.05, 3.63) is 33.8 Å². The highest BCUT2D eigenvalue weighted by Crippen LogP contribution is 2.67. The summed E-state index contributed by atoms with van der Waals surface area (Å²) in [5, 5.41) is 38.4. The van der Waals surface area contributed by atoms with Gasteiger partial charge in [0.15, 0.2) is 5.41 Å². The summed E-state index contributed by atoms with van der Waals surface area (Å²) < 4.78 is 11.5. The van der Waals surface area contributed by atoms with E-state index in [9.17, 15) is 15.8 Å². The fourth-order valence-electron chi connectivity index (χ4n) is 3.73. The van der Waals surface area contributed by atoms with Crippen LogP contribution in [0.2, 0.25) is 10.0 Å². The van der Waals surface area contributed by atoms with Crippen molar-refractivity contribution >= 4 is 29.1 Å². The molecule has 0 spiro atoms. The molecule has 25 heavy (non-hydrogen) atoms. The number of rotatable bonds is 1. The Morgan fingerprint density at radius 1 is 1.12 bits per heavy atom. The molecule has 8 heteroatoms. The molecule has 2 fully saturated rings. The van der Waals surface area contributed by atoms with Crippen LogP contribution in [0.3, 0.4) is 0 Å². The highest BCUT2D eigenvalue weighted by atomic mass is 35.5. The van der Waals surface area contributed by atoms with Crippen LogP contribution in [0, 0.1) is 56.2 Å². The second kappa shape index (κ2) is 5.35. The maximum absolute atomic E-state index is 9.95. The Labute approximate surface area is 154 Å². The molecule has 2 aliphatic rings. The second-order valence-electron chi connectivity index (χ2n) is 6.25. The number of nitrogens with one attached hydrogen (secondary N) is 1. The van der Waals surface area contributed by atoms with Crippen LogP contribution in [0.1, 0.15) is 25.5 Å². The molecular formula is C17H12Cl2N4O2. The van der Waals surface area contributed by atoms with Gasteiger partial charge in [-0.05, 0) is 12.1 Å². The van der Waals surface area contributed by atoms with Gasteiger partial charge in [0.1, 0.15) is 6.10 Å². The summed E-state index contributed by atoms with van der Waals surface area (Å²) in [5.74, 6) is -2.55. The predicted molar refractivity (Wildman–Crippen MR) is 88.4 cm³/mol. The quantitative estimate of drug-likeness (QED) is 0.798. The minimum absolute atomic E-state index is 0.199. The third kappa shape index (κ3) is 1.84. The van der Waals surface area contributed by atoms with E-state index in [0.29, 0.717) is 0 Å². The van der Waals surface area contributed by atoms with E-state index in [1.807, 2.05) is 18.2 Å². The highest BCUT2D eigenvalue weighted by Gasteiger charge is 2.78. The monoisotopic (exact) mass is 374 g/mol. The number of nitrogens with zero attached hydrogens (tertiary/aromatic N) is 3. The number of halogens is 2. The summed E-state index contributed by atoms with van der Waals surface area (Å²) in [4.78, 5) is 0. The minimum atomic E-state index is -2.05. The Kier molecular flexibility index (Phi) is 3.75. The van der Waals surface area contributed by atoms with Crippen LogP contribution in [-0.4, -0.2) is 11.7 Å². The van der Waals surface area contributed by atoms with E-state index in [1.165, 1.54) is 0 Å². The molecule has 0 aromatic heterocycles. The van der Waals surface area contributed by atoms with Gasteiger partial charge in [-0.2, -0.15) is 15.8 Å². The molecule has 1 N–H and O–H groups in total. The number of hydrogen-bond acceptors (Lipinski definition) is 6. The number of nitriles is 3. The van der Waals surface area contributed by atoms with Crippen molar-refractivity contribution in [2.45, 2.75) is 25.7 Å². The van der Waals surface area contributed by atoms with Gasteiger partial charge in [0.05, 0.1) is 24.1 Å². The lowest BCUT2D eigenvalue weighted by atomic mass is 9.54. The molecule has 0 aliphatic carbocycles. The molecule has 3 rings (SSSR count). The zero-order chi connectivity index (χ0) is 18.6. The molecule has 2 heterocycles. The number of ether oxygens (including phenoxy) is 2. The van der Waals surface area contributed by atoms with Crippen LogP contribution in [0.25, 0.3) is 0 Å². The normalized spacial score (nSPS) is 35.2. The van der Waals surface area contributed by atoms with Crippen LogP contribution in [0.15, 0.2) is 18.2 Å². The molecule has 4 unspecified atom stereocenters. The number of fused-ring (bicyclic) bond motifs is 2. The molecule has 126 valence electrons. The standard InChI is InChI=1S/C17H12Cl2N4O2/c1-9-15(2)24-13(12-10(18)4-3-5-11(12)19)16(6-20,7-21)17(9,8-22)14(23)25-15/h3-5,9,13,23H,1-2H3. The second-order valence-corrected chi connectivity index (χ2v) is 7.07. The smallest absolute Gasteiger partial charge is 0.214 e. The first kappa shape index (κ1) is 17.5. The van der Waals surface area contributed by atoms with Gasteiger partial charge < -0.3 is 9.47 Å². The first-order chi connectivity index (χ1) is 11.7. The third-order valence-corrected chi connectivity index (χ3v) is 5.92. The molecule has 0 amide bonds. The van der Waals surface area contributed by atoms with Gasteiger partial charge in [-0.1, -0.05) is 36.2 Å². The topological polar surface area (TPSA) is 114 Å². The molecule has 4 atom stereocenters. The first-order valence-electron chi connectivity index (χ1n) is 7.37. The van der Waals surface area contributed by atoms with Crippen molar-refractivity contribution in [2.24, 2.45) is 16.7 Å². The minimum Gasteiger partial charge on any atom is -0.448 e. The van der Waals surface area contributed by atoms with Gasteiger partial charge in [0, 0.05) is 22.5 Å². The van der Waals surface area contributed by atoms with E-state index in [-0.39, 0.29) is 15.6 Å². The zero-order valence-corrected chi connectivity index (χ0v) is 14.8. The SMILES string of the molecule is CC1C2(C)OC(=N)C1(C#N)C(C#N)(C#N)C(c1c(Cl)cccc1Cl)O2. The largest absolute Gasteiger partial charge is 0.448 e. The molecular weight excluding hydrogens is 363 g/mol. The Morgan fingerprint density at radius 2 is 1.68 bits per heavy atom. The Bertz CT molecular complexity index is 878. The van der Waals surface area contributed by atoms with E-state index in [0.717, 1.165) is 0 Å². The van der Waals surface area contributed by atoms with E-state index >= 15 is 0 Å². The molecule has 2 aliphatic heterocycles. The van der Waals surface area contributed by atoms with Crippen LogP contribution >= 0.6 is 23.2 Å². The van der Waals surface area contributed by atoms with E-state index in [2.05, 4.69) is 0 Å². The maximum atomic E-state index is 9.95. The highest BCUT2D eigenvalue weighted by molar-refractivity contribution is 6.36. The lowest BCUT2D eigenvalue weighted by Gasteiger charge is -2.47. The Hall–Kier alpha value is -2.30. The summed E-state index contributed by atoms with van der Waals surface area (Å²) in [6.07, 6.45) is -1.26. The molecule has 2 bridgehead atoms. The van der Waals surface area contributed by atoms with E-state index in [4.69, 9.17) is 38.1 Å². The summed E-state index contributed by atoms with van der Waals surface area (Å²) in [6.45, 7) is 3.19. The summed E-state index contributed by atoms with van der Waals surface area (Å²) in [6, 6.07) is 10.6. The lowest BCUT2D eigenvalue weighted by Crippen LogP contribution is -2.57. The van der Waals surface area contributed by atoms with Gasteiger partial charge in [-0.25, -0.2) is 0 Å². The average molecular weight is 375 g/mol. The molecule has 2 saturated heterocycles. The zero-order valence-electron chi connectivity index (χ0n) is 13.3. The van der Waals surface area contributed by atoms with Crippen LogP contribution in [-0.2, 0) is 9.47 Å². The fourth-order valence-corrected chi connectivity index (χ4v) is 4.32. The molecule has 0 radical (unpaired) electrons. The van der Waals surface area contributed by atoms with Crippen LogP contribution in [0.5, 0.6) is 0 Å². The first-order valence-corrected chi connectivity index (χ1v) is 8.13. The van der Waals surface area contributed by atoms with Crippen molar-refractivity contribution in [1.82, 2.24) is 0 Å². The van der Waals surface area contributed by atoms with Crippen molar-refractivity contribution in [3.63, 3.8) is 0 Å². The van der Waals surface area contributed by atoms with E-state index in [1.54, 1.807) is 32.0 Å². The van der Waals surface area contributed by atoms with Crippen LogP contribution in [0.4, 0.5) is 0 Å². The predicted octanol–water partition coefficient (Wildman–Crippen LogP) is 3.97. The molecule has 0 saturated carbocycles. The van der Waals surface area contributed by atoms with Crippen molar-refractivity contribution < 1.29 is 9.47 Å².